The highest BCUT2D eigenvalue weighted by molar-refractivity contribution is 7.89. The standard InChI is InChI=1S/C13H15N3O2S/c1-9-2-4-11(5-3-9)16-12-6-10(14)7-13(8-12)19(15,17)18/h2-8,16H,14H2,1H3,(H2,15,17,18). The predicted octanol–water partition coefficient (Wildman–Crippen LogP) is 1.97. The quantitative estimate of drug-likeness (QED) is 0.747. The van der Waals surface area contributed by atoms with Gasteiger partial charge < -0.3 is 11.1 Å². The molecule has 0 aromatic heterocycles. The van der Waals surface area contributed by atoms with Gasteiger partial charge in [-0.05, 0) is 37.3 Å². The minimum atomic E-state index is -3.77. The Hall–Kier alpha value is -2.05. The number of hydrogen-bond donors (Lipinski definition) is 3. The van der Waals surface area contributed by atoms with Gasteiger partial charge in [0.1, 0.15) is 0 Å². The van der Waals surface area contributed by atoms with Gasteiger partial charge in [0.15, 0.2) is 0 Å². The van der Waals surface area contributed by atoms with Crippen molar-refractivity contribution >= 4 is 27.1 Å². The fourth-order valence-electron chi connectivity index (χ4n) is 1.66. The Morgan fingerprint density at radius 3 is 2.21 bits per heavy atom. The number of rotatable bonds is 3. The number of anilines is 3. The topological polar surface area (TPSA) is 98.2 Å². The van der Waals surface area contributed by atoms with Gasteiger partial charge in [0.2, 0.25) is 10.0 Å². The Morgan fingerprint density at radius 2 is 1.63 bits per heavy atom. The van der Waals surface area contributed by atoms with Crippen LogP contribution in [0.4, 0.5) is 17.1 Å². The van der Waals surface area contributed by atoms with Crippen LogP contribution < -0.4 is 16.2 Å². The monoisotopic (exact) mass is 277 g/mol. The van der Waals surface area contributed by atoms with E-state index in [1.54, 1.807) is 6.07 Å². The van der Waals surface area contributed by atoms with Crippen molar-refractivity contribution in [3.05, 3.63) is 48.0 Å². The van der Waals surface area contributed by atoms with Crippen molar-refractivity contribution in [3.63, 3.8) is 0 Å². The van der Waals surface area contributed by atoms with Crippen molar-refractivity contribution in [1.82, 2.24) is 0 Å². The van der Waals surface area contributed by atoms with Gasteiger partial charge in [-0.25, -0.2) is 13.6 Å². The lowest BCUT2D eigenvalue weighted by atomic mass is 10.2. The first-order valence-electron chi connectivity index (χ1n) is 5.62. The van der Waals surface area contributed by atoms with Gasteiger partial charge in [0, 0.05) is 17.1 Å². The molecule has 0 radical (unpaired) electrons. The van der Waals surface area contributed by atoms with Gasteiger partial charge in [0.25, 0.3) is 0 Å². The fourth-order valence-corrected chi connectivity index (χ4v) is 2.25. The molecule has 5 nitrogen and oxygen atoms in total. The van der Waals surface area contributed by atoms with Crippen LogP contribution in [0.15, 0.2) is 47.4 Å². The summed E-state index contributed by atoms with van der Waals surface area (Å²) in [7, 11) is -3.77. The molecule has 0 aliphatic carbocycles. The maximum atomic E-state index is 11.3. The summed E-state index contributed by atoms with van der Waals surface area (Å²) in [5, 5.41) is 8.18. The summed E-state index contributed by atoms with van der Waals surface area (Å²) in [4.78, 5) is -0.0119. The Morgan fingerprint density at radius 1 is 1.00 bits per heavy atom. The van der Waals surface area contributed by atoms with E-state index in [-0.39, 0.29) is 4.90 Å². The van der Waals surface area contributed by atoms with Gasteiger partial charge in [-0.1, -0.05) is 17.7 Å². The molecule has 0 amide bonds. The summed E-state index contributed by atoms with van der Waals surface area (Å²) >= 11 is 0. The summed E-state index contributed by atoms with van der Waals surface area (Å²) in [5.74, 6) is 0. The Balaban J connectivity index is 2.35. The molecule has 2 aromatic rings. The minimum Gasteiger partial charge on any atom is -0.399 e. The number of nitrogens with two attached hydrogens (primary N) is 2. The smallest absolute Gasteiger partial charge is 0.238 e. The number of aryl methyl sites for hydroxylation is 1. The van der Waals surface area contributed by atoms with Crippen molar-refractivity contribution in [2.45, 2.75) is 11.8 Å². The highest BCUT2D eigenvalue weighted by Crippen LogP contribution is 2.23. The van der Waals surface area contributed by atoms with Gasteiger partial charge in [-0.15, -0.1) is 0 Å². The molecule has 0 aliphatic rings. The molecule has 2 aromatic carbocycles. The average Bonchev–Trinajstić information content (AvgIpc) is 2.30. The highest BCUT2D eigenvalue weighted by atomic mass is 32.2. The zero-order valence-corrected chi connectivity index (χ0v) is 11.2. The first-order chi connectivity index (χ1) is 8.84. The Kier molecular flexibility index (Phi) is 3.46. The maximum Gasteiger partial charge on any atom is 0.238 e. The van der Waals surface area contributed by atoms with Crippen LogP contribution in [-0.2, 0) is 10.0 Å². The van der Waals surface area contributed by atoms with Crippen LogP contribution in [0.1, 0.15) is 5.56 Å². The van der Waals surface area contributed by atoms with Crippen LogP contribution in [0, 0.1) is 6.92 Å². The zero-order chi connectivity index (χ0) is 14.0. The number of hydrogen-bond acceptors (Lipinski definition) is 4. The molecule has 0 saturated carbocycles. The van der Waals surface area contributed by atoms with Crippen molar-refractivity contribution < 1.29 is 8.42 Å². The number of sulfonamides is 1. The molecule has 100 valence electrons. The zero-order valence-electron chi connectivity index (χ0n) is 10.4. The van der Waals surface area contributed by atoms with Crippen molar-refractivity contribution in [2.24, 2.45) is 5.14 Å². The second kappa shape index (κ2) is 4.91. The largest absolute Gasteiger partial charge is 0.399 e. The Labute approximate surface area is 112 Å². The van der Waals surface area contributed by atoms with Gasteiger partial charge in [-0.2, -0.15) is 0 Å². The lowest BCUT2D eigenvalue weighted by Crippen LogP contribution is -2.12. The molecule has 0 aliphatic heterocycles. The average molecular weight is 277 g/mol. The second-order valence-corrected chi connectivity index (χ2v) is 5.89. The van der Waals surface area contributed by atoms with E-state index in [0.29, 0.717) is 11.4 Å². The van der Waals surface area contributed by atoms with E-state index in [9.17, 15) is 8.42 Å². The molecule has 0 heterocycles. The Bertz CT molecular complexity index is 694. The van der Waals surface area contributed by atoms with Crippen LogP contribution in [0.5, 0.6) is 0 Å². The maximum absolute atomic E-state index is 11.3. The third-order valence-corrected chi connectivity index (χ3v) is 3.49. The third-order valence-electron chi connectivity index (χ3n) is 2.60. The van der Waals surface area contributed by atoms with Crippen molar-refractivity contribution in [2.75, 3.05) is 11.1 Å². The molecule has 0 unspecified atom stereocenters. The van der Waals surface area contributed by atoms with Crippen molar-refractivity contribution in [3.8, 4) is 0 Å². The molecule has 0 saturated heterocycles. The lowest BCUT2D eigenvalue weighted by molar-refractivity contribution is 0.598. The molecule has 0 fully saturated rings. The van der Waals surface area contributed by atoms with E-state index in [1.165, 1.54) is 12.1 Å². The first kappa shape index (κ1) is 13.4. The van der Waals surface area contributed by atoms with E-state index in [1.807, 2.05) is 31.2 Å². The highest BCUT2D eigenvalue weighted by Gasteiger charge is 2.10. The van der Waals surface area contributed by atoms with Gasteiger partial charge in [-0.3, -0.25) is 0 Å². The van der Waals surface area contributed by atoms with Gasteiger partial charge >= 0.3 is 0 Å². The molecular weight excluding hydrogens is 262 g/mol. The normalized spacial score (nSPS) is 11.3. The SMILES string of the molecule is Cc1ccc(Nc2cc(N)cc(S(N)(=O)=O)c2)cc1. The lowest BCUT2D eigenvalue weighted by Gasteiger charge is -2.09. The molecule has 6 heteroatoms. The summed E-state index contributed by atoms with van der Waals surface area (Å²) in [6.45, 7) is 1.99. The molecule has 19 heavy (non-hydrogen) atoms. The van der Waals surface area contributed by atoms with Crippen LogP contribution in [0.3, 0.4) is 0 Å². The molecule has 0 spiro atoms. The molecule has 0 atom stereocenters. The van der Waals surface area contributed by atoms with E-state index in [4.69, 9.17) is 10.9 Å². The number of benzene rings is 2. The molecule has 2 rings (SSSR count). The van der Waals surface area contributed by atoms with E-state index >= 15 is 0 Å². The second-order valence-electron chi connectivity index (χ2n) is 4.33. The van der Waals surface area contributed by atoms with Crippen LogP contribution in [0.2, 0.25) is 0 Å². The van der Waals surface area contributed by atoms with Crippen LogP contribution in [0.25, 0.3) is 0 Å². The van der Waals surface area contributed by atoms with Crippen LogP contribution >= 0.6 is 0 Å². The fraction of sp³-hybridized carbons (Fsp3) is 0.0769. The number of nitrogen functional groups attached to an aromatic ring is 1. The first-order valence-corrected chi connectivity index (χ1v) is 7.16. The predicted molar refractivity (Wildman–Crippen MR) is 76.7 cm³/mol. The summed E-state index contributed by atoms with van der Waals surface area (Å²) < 4.78 is 22.7. The number of primary sulfonamides is 1. The van der Waals surface area contributed by atoms with E-state index in [0.717, 1.165) is 11.3 Å². The van der Waals surface area contributed by atoms with Crippen LogP contribution in [-0.4, -0.2) is 8.42 Å². The molecule has 0 bridgehead atoms. The molecular formula is C13H15N3O2S. The van der Waals surface area contributed by atoms with E-state index in [2.05, 4.69) is 5.32 Å². The molecule has 5 N–H and O–H groups in total. The summed E-state index contributed by atoms with van der Waals surface area (Å²) in [6, 6.07) is 12.1. The summed E-state index contributed by atoms with van der Waals surface area (Å²) in [5.41, 5.74) is 8.57. The van der Waals surface area contributed by atoms with E-state index < -0.39 is 10.0 Å². The minimum absolute atomic E-state index is 0.0119. The third kappa shape index (κ3) is 3.46. The van der Waals surface area contributed by atoms with Crippen molar-refractivity contribution in [1.29, 1.82) is 0 Å². The van der Waals surface area contributed by atoms with Gasteiger partial charge in [0.05, 0.1) is 4.90 Å². The summed E-state index contributed by atoms with van der Waals surface area (Å²) in [6.07, 6.45) is 0. The number of nitrogens with one attached hydrogen (secondary N) is 1.